The monoisotopic (exact) mass is 344 g/mol. The minimum Gasteiger partial charge on any atom is -0.333 e. The van der Waals surface area contributed by atoms with Crippen LogP contribution in [0, 0.1) is 13.8 Å². The zero-order valence-corrected chi connectivity index (χ0v) is 15.3. The second-order valence-electron chi connectivity index (χ2n) is 6.32. The lowest BCUT2D eigenvalue weighted by atomic mass is 10.2. The first-order valence-corrected chi connectivity index (χ1v) is 8.73. The van der Waals surface area contributed by atoms with E-state index in [2.05, 4.69) is 74.6 Å². The van der Waals surface area contributed by atoms with Crippen LogP contribution in [0.1, 0.15) is 22.5 Å². The van der Waals surface area contributed by atoms with Crippen LogP contribution in [0.2, 0.25) is 0 Å². The van der Waals surface area contributed by atoms with Crippen LogP contribution in [-0.4, -0.2) is 19.1 Å². The van der Waals surface area contributed by atoms with E-state index in [1.807, 2.05) is 44.1 Å². The molecule has 0 saturated carbocycles. The van der Waals surface area contributed by atoms with Gasteiger partial charge in [-0.25, -0.2) is 9.97 Å². The maximum atomic E-state index is 4.18. The quantitative estimate of drug-likeness (QED) is 0.547. The molecular formula is C22H24N4. The number of imidazole rings is 2. The maximum absolute atomic E-state index is 4.18. The van der Waals surface area contributed by atoms with E-state index in [1.54, 1.807) is 0 Å². The Hall–Kier alpha value is -3.14. The van der Waals surface area contributed by atoms with Crippen LogP contribution in [-0.2, 0) is 13.1 Å². The van der Waals surface area contributed by atoms with Crippen molar-refractivity contribution in [2.75, 3.05) is 0 Å². The van der Waals surface area contributed by atoms with Crippen molar-refractivity contribution in [1.29, 1.82) is 0 Å². The van der Waals surface area contributed by atoms with Gasteiger partial charge in [0.05, 0.1) is 18.3 Å². The van der Waals surface area contributed by atoms with Crippen molar-refractivity contribution in [1.82, 2.24) is 19.1 Å². The molecule has 0 aliphatic heterocycles. The zero-order chi connectivity index (χ0) is 18.2. The molecule has 0 bridgehead atoms. The van der Waals surface area contributed by atoms with Gasteiger partial charge >= 0.3 is 0 Å². The van der Waals surface area contributed by atoms with E-state index < -0.39 is 0 Å². The Morgan fingerprint density at radius 2 is 1.38 bits per heavy atom. The van der Waals surface area contributed by atoms with Gasteiger partial charge in [-0.05, 0) is 25.0 Å². The molecule has 4 aromatic rings. The summed E-state index contributed by atoms with van der Waals surface area (Å²) in [5, 5.41) is 0. The molecule has 0 amide bonds. The summed E-state index contributed by atoms with van der Waals surface area (Å²) in [7, 11) is 0. The van der Waals surface area contributed by atoms with Crippen molar-refractivity contribution in [3.63, 3.8) is 0 Å². The number of hydrogen-bond donors (Lipinski definition) is 0. The Bertz CT molecular complexity index is 907. The molecule has 0 spiro atoms. The first kappa shape index (κ1) is 17.7. The lowest BCUT2D eigenvalue weighted by Gasteiger charge is -2.04. The smallest absolute Gasteiger partial charge is 0.0952 e. The SMILES string of the molecule is Cc1cn(Cc2ccccc2)cn1.Cc1cncn1Cc1ccccc1. The van der Waals surface area contributed by atoms with E-state index >= 15 is 0 Å². The molecule has 132 valence electrons. The minimum atomic E-state index is 0.904. The van der Waals surface area contributed by atoms with E-state index in [-0.39, 0.29) is 0 Å². The molecule has 0 radical (unpaired) electrons. The van der Waals surface area contributed by atoms with Gasteiger partial charge in [0.25, 0.3) is 0 Å². The predicted molar refractivity (Wildman–Crippen MR) is 105 cm³/mol. The third-order valence-electron chi connectivity index (χ3n) is 4.09. The second-order valence-corrected chi connectivity index (χ2v) is 6.32. The average molecular weight is 344 g/mol. The molecule has 26 heavy (non-hydrogen) atoms. The summed E-state index contributed by atoms with van der Waals surface area (Å²) in [6, 6.07) is 20.8. The molecule has 2 aromatic heterocycles. The summed E-state index contributed by atoms with van der Waals surface area (Å²) in [5.74, 6) is 0. The van der Waals surface area contributed by atoms with Gasteiger partial charge in [0.15, 0.2) is 0 Å². The van der Waals surface area contributed by atoms with Crippen LogP contribution >= 0.6 is 0 Å². The van der Waals surface area contributed by atoms with E-state index in [0.717, 1.165) is 18.8 Å². The summed E-state index contributed by atoms with van der Waals surface area (Å²) in [6.45, 7) is 5.88. The summed E-state index contributed by atoms with van der Waals surface area (Å²) in [4.78, 5) is 8.26. The first-order chi connectivity index (χ1) is 12.7. The molecule has 0 aliphatic carbocycles. The van der Waals surface area contributed by atoms with Crippen molar-refractivity contribution < 1.29 is 0 Å². The fourth-order valence-electron chi connectivity index (χ4n) is 2.69. The Labute approximate surface area is 154 Å². The van der Waals surface area contributed by atoms with Gasteiger partial charge in [-0.2, -0.15) is 0 Å². The highest BCUT2D eigenvalue weighted by atomic mass is 15.0. The summed E-state index contributed by atoms with van der Waals surface area (Å²) in [5.41, 5.74) is 4.88. The molecule has 4 heteroatoms. The molecule has 0 aliphatic rings. The molecule has 0 unspecified atom stereocenters. The lowest BCUT2D eigenvalue weighted by molar-refractivity contribution is 0.770. The van der Waals surface area contributed by atoms with Gasteiger partial charge in [-0.15, -0.1) is 0 Å². The van der Waals surface area contributed by atoms with E-state index in [9.17, 15) is 0 Å². The highest BCUT2D eigenvalue weighted by Gasteiger charge is 1.96. The molecule has 0 fully saturated rings. The zero-order valence-electron chi connectivity index (χ0n) is 15.3. The first-order valence-electron chi connectivity index (χ1n) is 8.73. The number of nitrogens with zero attached hydrogens (tertiary/aromatic N) is 4. The summed E-state index contributed by atoms with van der Waals surface area (Å²) in [6.07, 6.45) is 7.65. The van der Waals surface area contributed by atoms with E-state index in [4.69, 9.17) is 0 Å². The largest absolute Gasteiger partial charge is 0.333 e. The van der Waals surface area contributed by atoms with Crippen molar-refractivity contribution in [2.45, 2.75) is 26.9 Å². The van der Waals surface area contributed by atoms with Crippen LogP contribution in [0.15, 0.2) is 85.7 Å². The number of rotatable bonds is 4. The fourth-order valence-corrected chi connectivity index (χ4v) is 2.69. The van der Waals surface area contributed by atoms with Crippen LogP contribution in [0.25, 0.3) is 0 Å². The molecule has 2 heterocycles. The Kier molecular flexibility index (Phi) is 5.99. The lowest BCUT2D eigenvalue weighted by Crippen LogP contribution is -1.99. The minimum absolute atomic E-state index is 0.904. The number of hydrogen-bond acceptors (Lipinski definition) is 2. The van der Waals surface area contributed by atoms with Crippen LogP contribution in [0.4, 0.5) is 0 Å². The van der Waals surface area contributed by atoms with Crippen molar-refractivity contribution >= 4 is 0 Å². The van der Waals surface area contributed by atoms with Gasteiger partial charge in [-0.1, -0.05) is 60.7 Å². The van der Waals surface area contributed by atoms with Crippen molar-refractivity contribution in [3.8, 4) is 0 Å². The number of aryl methyl sites for hydroxylation is 2. The van der Waals surface area contributed by atoms with Gasteiger partial charge in [-0.3, -0.25) is 0 Å². The maximum Gasteiger partial charge on any atom is 0.0952 e. The van der Waals surface area contributed by atoms with Crippen LogP contribution in [0.3, 0.4) is 0 Å². The molecule has 0 atom stereocenters. The fraction of sp³-hybridized carbons (Fsp3) is 0.182. The summed E-state index contributed by atoms with van der Waals surface area (Å²) >= 11 is 0. The number of aromatic nitrogens is 4. The number of benzene rings is 2. The predicted octanol–water partition coefficient (Wildman–Crippen LogP) is 4.48. The normalized spacial score (nSPS) is 10.2. The molecule has 0 saturated heterocycles. The van der Waals surface area contributed by atoms with E-state index in [0.29, 0.717) is 0 Å². The van der Waals surface area contributed by atoms with Gasteiger partial charge < -0.3 is 9.13 Å². The van der Waals surface area contributed by atoms with Gasteiger partial charge in [0.1, 0.15) is 0 Å². The molecule has 4 rings (SSSR count). The average Bonchev–Trinajstić information content (AvgIpc) is 3.26. The van der Waals surface area contributed by atoms with Crippen LogP contribution in [0.5, 0.6) is 0 Å². The molecular weight excluding hydrogens is 320 g/mol. The molecule has 2 aromatic carbocycles. The standard InChI is InChI=1S/2C11H12N2/c1-10-7-13(9-12-10)8-11-5-3-2-4-6-11;1-10-7-12-9-13(10)8-11-5-3-2-4-6-11/h2*2-7,9H,8H2,1H3. The highest BCUT2D eigenvalue weighted by molar-refractivity contribution is 5.16. The van der Waals surface area contributed by atoms with Crippen LogP contribution < -0.4 is 0 Å². The van der Waals surface area contributed by atoms with Gasteiger partial charge in [0.2, 0.25) is 0 Å². The third kappa shape index (κ3) is 5.18. The van der Waals surface area contributed by atoms with Crippen molar-refractivity contribution in [3.05, 3.63) is 108 Å². The van der Waals surface area contributed by atoms with E-state index in [1.165, 1.54) is 16.8 Å². The molecule has 4 nitrogen and oxygen atoms in total. The van der Waals surface area contributed by atoms with Crippen molar-refractivity contribution in [2.24, 2.45) is 0 Å². The Balaban J connectivity index is 0.000000151. The Morgan fingerprint density at radius 1 is 0.769 bits per heavy atom. The summed E-state index contributed by atoms with van der Waals surface area (Å²) < 4.78 is 4.22. The topological polar surface area (TPSA) is 35.6 Å². The highest BCUT2D eigenvalue weighted by Crippen LogP contribution is 2.04. The Morgan fingerprint density at radius 3 is 1.88 bits per heavy atom. The molecule has 0 N–H and O–H groups in total. The van der Waals surface area contributed by atoms with Gasteiger partial charge in [0, 0.05) is 31.2 Å². The third-order valence-corrected chi connectivity index (χ3v) is 4.09. The second kappa shape index (κ2) is 8.81.